The van der Waals surface area contributed by atoms with Crippen LogP contribution >= 0.6 is 0 Å². The van der Waals surface area contributed by atoms with Crippen molar-refractivity contribution < 1.29 is 8.91 Å². The van der Waals surface area contributed by atoms with Crippen molar-refractivity contribution in [2.24, 2.45) is 0 Å². The minimum Gasteiger partial charge on any atom is -0.399 e. The van der Waals surface area contributed by atoms with Gasteiger partial charge in [-0.2, -0.15) is 4.98 Å². The van der Waals surface area contributed by atoms with Crippen molar-refractivity contribution in [2.75, 3.05) is 5.73 Å². The number of hydrogen-bond donors (Lipinski definition) is 1. The second-order valence-corrected chi connectivity index (χ2v) is 4.44. The van der Waals surface area contributed by atoms with Gasteiger partial charge in [-0.1, -0.05) is 17.3 Å². The molecule has 0 amide bonds. The van der Waals surface area contributed by atoms with Crippen molar-refractivity contribution in [1.29, 1.82) is 0 Å². The van der Waals surface area contributed by atoms with Crippen LogP contribution in [0.2, 0.25) is 0 Å². The molecule has 0 saturated carbocycles. The molecular weight excluding hydrogens is 257 g/mol. The van der Waals surface area contributed by atoms with Crippen LogP contribution in [0.15, 0.2) is 53.1 Å². The number of nitrogens with zero attached hydrogens (tertiary/aromatic N) is 2. The van der Waals surface area contributed by atoms with E-state index in [1.165, 1.54) is 12.1 Å². The molecule has 0 saturated heterocycles. The number of anilines is 1. The predicted octanol–water partition coefficient (Wildman–Crippen LogP) is 3.05. The van der Waals surface area contributed by atoms with E-state index in [9.17, 15) is 4.39 Å². The van der Waals surface area contributed by atoms with Crippen LogP contribution in [0, 0.1) is 5.82 Å². The number of aromatic nitrogens is 2. The van der Waals surface area contributed by atoms with Crippen LogP contribution < -0.4 is 5.73 Å². The normalized spacial score (nSPS) is 10.7. The number of rotatable bonds is 3. The molecule has 20 heavy (non-hydrogen) atoms. The number of halogens is 1. The highest BCUT2D eigenvalue weighted by atomic mass is 19.1. The van der Waals surface area contributed by atoms with E-state index < -0.39 is 0 Å². The molecule has 0 bridgehead atoms. The van der Waals surface area contributed by atoms with E-state index in [1.54, 1.807) is 18.2 Å². The van der Waals surface area contributed by atoms with Gasteiger partial charge >= 0.3 is 0 Å². The maximum atomic E-state index is 13.1. The Balaban J connectivity index is 1.82. The lowest BCUT2D eigenvalue weighted by atomic mass is 10.1. The molecule has 0 aliphatic heterocycles. The molecule has 0 aliphatic rings. The first-order chi connectivity index (χ1) is 9.70. The molecule has 3 rings (SSSR count). The fourth-order valence-electron chi connectivity index (χ4n) is 1.90. The van der Waals surface area contributed by atoms with Gasteiger partial charge in [0, 0.05) is 17.7 Å². The number of benzene rings is 2. The Morgan fingerprint density at radius 2 is 1.90 bits per heavy atom. The van der Waals surface area contributed by atoms with Crippen LogP contribution in [0.25, 0.3) is 11.5 Å². The molecule has 5 heteroatoms. The second-order valence-electron chi connectivity index (χ2n) is 4.44. The van der Waals surface area contributed by atoms with E-state index >= 15 is 0 Å². The fourth-order valence-corrected chi connectivity index (χ4v) is 1.90. The summed E-state index contributed by atoms with van der Waals surface area (Å²) in [6.45, 7) is 0. The SMILES string of the molecule is Nc1ccc(-c2nc(Cc3cccc(F)c3)no2)cc1. The largest absolute Gasteiger partial charge is 0.399 e. The third kappa shape index (κ3) is 2.66. The van der Waals surface area contributed by atoms with Crippen LogP contribution in [0.1, 0.15) is 11.4 Å². The molecule has 0 spiro atoms. The van der Waals surface area contributed by atoms with Gasteiger partial charge in [0.15, 0.2) is 5.82 Å². The van der Waals surface area contributed by atoms with Crippen molar-refractivity contribution in [3.05, 3.63) is 65.7 Å². The van der Waals surface area contributed by atoms with Crippen molar-refractivity contribution in [1.82, 2.24) is 10.1 Å². The summed E-state index contributed by atoms with van der Waals surface area (Å²) in [5, 5.41) is 3.90. The standard InChI is InChI=1S/C15H12FN3O/c16-12-3-1-2-10(8-12)9-14-18-15(20-19-14)11-4-6-13(17)7-5-11/h1-8H,9,17H2. The lowest BCUT2D eigenvalue weighted by molar-refractivity contribution is 0.424. The van der Waals surface area contributed by atoms with Gasteiger partial charge < -0.3 is 10.3 Å². The Kier molecular flexibility index (Phi) is 3.16. The zero-order valence-electron chi connectivity index (χ0n) is 10.6. The molecule has 1 aromatic heterocycles. The molecule has 0 radical (unpaired) electrons. The van der Waals surface area contributed by atoms with E-state index in [0.717, 1.165) is 11.1 Å². The van der Waals surface area contributed by atoms with Gasteiger partial charge in [0.1, 0.15) is 5.82 Å². The smallest absolute Gasteiger partial charge is 0.257 e. The van der Waals surface area contributed by atoms with E-state index in [2.05, 4.69) is 10.1 Å². The number of nitrogens with two attached hydrogens (primary N) is 1. The highest BCUT2D eigenvalue weighted by molar-refractivity contribution is 5.56. The molecular formula is C15H12FN3O. The Morgan fingerprint density at radius 3 is 2.65 bits per heavy atom. The Hall–Kier alpha value is -2.69. The second kappa shape index (κ2) is 5.13. The lowest BCUT2D eigenvalue weighted by Crippen LogP contribution is -1.91. The maximum Gasteiger partial charge on any atom is 0.257 e. The van der Waals surface area contributed by atoms with Gasteiger partial charge in [-0.3, -0.25) is 0 Å². The topological polar surface area (TPSA) is 64.9 Å². The number of hydrogen-bond acceptors (Lipinski definition) is 4. The Bertz CT molecular complexity index is 722. The minimum absolute atomic E-state index is 0.273. The minimum atomic E-state index is -0.273. The average molecular weight is 269 g/mol. The summed E-state index contributed by atoms with van der Waals surface area (Å²) in [5.41, 5.74) is 7.90. The molecule has 100 valence electrons. The maximum absolute atomic E-state index is 13.1. The van der Waals surface area contributed by atoms with E-state index in [4.69, 9.17) is 10.3 Å². The van der Waals surface area contributed by atoms with E-state index in [0.29, 0.717) is 23.8 Å². The first kappa shape index (κ1) is 12.3. The van der Waals surface area contributed by atoms with E-state index in [-0.39, 0.29) is 5.82 Å². The molecule has 0 unspecified atom stereocenters. The summed E-state index contributed by atoms with van der Waals surface area (Å²) in [4.78, 5) is 4.29. The summed E-state index contributed by atoms with van der Waals surface area (Å²) < 4.78 is 18.3. The average Bonchev–Trinajstić information content (AvgIpc) is 2.88. The summed E-state index contributed by atoms with van der Waals surface area (Å²) in [6.07, 6.45) is 0.427. The quantitative estimate of drug-likeness (QED) is 0.742. The summed E-state index contributed by atoms with van der Waals surface area (Å²) in [7, 11) is 0. The highest BCUT2D eigenvalue weighted by Gasteiger charge is 2.09. The lowest BCUT2D eigenvalue weighted by Gasteiger charge is -1.96. The molecule has 0 aliphatic carbocycles. The van der Waals surface area contributed by atoms with Crippen molar-refractivity contribution in [2.45, 2.75) is 6.42 Å². The molecule has 2 N–H and O–H groups in total. The molecule has 0 atom stereocenters. The zero-order valence-corrected chi connectivity index (χ0v) is 10.6. The first-order valence-corrected chi connectivity index (χ1v) is 6.14. The van der Waals surface area contributed by atoms with Gasteiger partial charge in [-0.15, -0.1) is 0 Å². The summed E-state index contributed by atoms with van der Waals surface area (Å²) >= 11 is 0. The molecule has 2 aromatic carbocycles. The molecule has 4 nitrogen and oxygen atoms in total. The van der Waals surface area contributed by atoms with Gasteiger partial charge in [0.2, 0.25) is 0 Å². The summed E-state index contributed by atoms with van der Waals surface area (Å²) in [5.74, 6) is 0.670. The Morgan fingerprint density at radius 1 is 1.10 bits per heavy atom. The fraction of sp³-hybridized carbons (Fsp3) is 0.0667. The zero-order chi connectivity index (χ0) is 13.9. The van der Waals surface area contributed by atoms with Gasteiger partial charge in [-0.25, -0.2) is 4.39 Å². The van der Waals surface area contributed by atoms with Crippen LogP contribution in [0.3, 0.4) is 0 Å². The van der Waals surface area contributed by atoms with E-state index in [1.807, 2.05) is 18.2 Å². The highest BCUT2D eigenvalue weighted by Crippen LogP contribution is 2.19. The monoisotopic (exact) mass is 269 g/mol. The van der Waals surface area contributed by atoms with Crippen LogP contribution in [0.5, 0.6) is 0 Å². The van der Waals surface area contributed by atoms with Crippen LogP contribution in [0.4, 0.5) is 10.1 Å². The van der Waals surface area contributed by atoms with Gasteiger partial charge in [-0.05, 0) is 42.0 Å². The predicted molar refractivity (Wildman–Crippen MR) is 73.4 cm³/mol. The third-order valence-corrected chi connectivity index (χ3v) is 2.88. The van der Waals surface area contributed by atoms with Crippen molar-refractivity contribution in [3.63, 3.8) is 0 Å². The molecule has 3 aromatic rings. The van der Waals surface area contributed by atoms with Crippen molar-refractivity contribution >= 4 is 5.69 Å². The molecule has 0 fully saturated rings. The van der Waals surface area contributed by atoms with Crippen LogP contribution in [-0.4, -0.2) is 10.1 Å². The Labute approximate surface area is 115 Å². The van der Waals surface area contributed by atoms with Gasteiger partial charge in [0.25, 0.3) is 5.89 Å². The third-order valence-electron chi connectivity index (χ3n) is 2.88. The number of nitrogen functional groups attached to an aromatic ring is 1. The first-order valence-electron chi connectivity index (χ1n) is 6.14. The van der Waals surface area contributed by atoms with Gasteiger partial charge in [0.05, 0.1) is 0 Å². The van der Waals surface area contributed by atoms with Crippen LogP contribution in [-0.2, 0) is 6.42 Å². The van der Waals surface area contributed by atoms with Crippen molar-refractivity contribution in [3.8, 4) is 11.5 Å². The summed E-state index contributed by atoms with van der Waals surface area (Å²) in [6, 6.07) is 13.5. The molecule has 1 heterocycles.